The summed E-state index contributed by atoms with van der Waals surface area (Å²) in [6.45, 7) is 0.0656. The zero-order valence-electron chi connectivity index (χ0n) is 21.4. The quantitative estimate of drug-likeness (QED) is 0.484. The first kappa shape index (κ1) is 24.9. The highest BCUT2D eigenvalue weighted by Crippen LogP contribution is 2.40. The Kier molecular flexibility index (Phi) is 6.87. The molecule has 1 fully saturated rings. The Morgan fingerprint density at radius 2 is 1.56 bits per heavy atom. The lowest BCUT2D eigenvalue weighted by Crippen LogP contribution is -2.52. The Labute approximate surface area is 226 Å². The molecular weight excluding hydrogens is 500 g/mol. The summed E-state index contributed by atoms with van der Waals surface area (Å²) in [7, 11) is 0. The number of para-hydroxylation sites is 2. The van der Waals surface area contributed by atoms with Gasteiger partial charge in [0.05, 0.1) is 0 Å². The minimum absolute atomic E-state index is 0.0105. The fraction of sp³-hybridized carbons (Fsp3) is 0.333. The first-order valence-corrected chi connectivity index (χ1v) is 13.3. The zero-order valence-corrected chi connectivity index (χ0v) is 21.4. The Bertz CT molecular complexity index is 1350. The van der Waals surface area contributed by atoms with Crippen molar-refractivity contribution in [3.8, 4) is 28.7 Å². The molecule has 9 heteroatoms. The molecule has 0 spiro atoms. The molecule has 202 valence electrons. The van der Waals surface area contributed by atoms with Crippen LogP contribution in [0.15, 0.2) is 66.7 Å². The highest BCUT2D eigenvalue weighted by molar-refractivity contribution is 6.04. The number of ether oxygens (including phenoxy) is 4. The van der Waals surface area contributed by atoms with Gasteiger partial charge >= 0.3 is 0 Å². The molecule has 2 amide bonds. The predicted molar refractivity (Wildman–Crippen MR) is 142 cm³/mol. The zero-order chi connectivity index (χ0) is 26.8. The van der Waals surface area contributed by atoms with E-state index in [1.807, 2.05) is 12.1 Å². The SMILES string of the molecule is O=C(NC1CCCCC1)[C@H](c1ccc(O)cc1)N(C(=O)[C@@H]1COc2ccccc2O1)c1ccc2c(c1)OCO2. The summed E-state index contributed by atoms with van der Waals surface area (Å²) >= 11 is 0. The number of phenols is 1. The maximum atomic E-state index is 14.3. The maximum absolute atomic E-state index is 14.3. The standard InChI is InChI=1S/C30H30N2O7/c33-22-13-10-19(11-14-22)28(29(34)31-20-6-2-1-3-7-20)32(21-12-15-24-26(16-21)38-18-37-24)30(35)27-17-36-23-8-4-5-9-25(23)39-27/h4-5,8-16,20,27-28,33H,1-3,6-7,17-18H2,(H,31,34)/t27-,28-/m0/s1. The van der Waals surface area contributed by atoms with E-state index >= 15 is 0 Å². The molecule has 3 aliphatic rings. The third kappa shape index (κ3) is 5.16. The number of hydrogen-bond acceptors (Lipinski definition) is 7. The topological polar surface area (TPSA) is 107 Å². The van der Waals surface area contributed by atoms with Crippen LogP contribution in [0.3, 0.4) is 0 Å². The molecule has 9 nitrogen and oxygen atoms in total. The van der Waals surface area contributed by atoms with Crippen molar-refractivity contribution >= 4 is 17.5 Å². The Morgan fingerprint density at radius 3 is 2.36 bits per heavy atom. The van der Waals surface area contributed by atoms with Crippen LogP contribution in [-0.4, -0.2) is 42.5 Å². The minimum Gasteiger partial charge on any atom is -0.508 e. The highest BCUT2D eigenvalue weighted by Gasteiger charge is 2.40. The van der Waals surface area contributed by atoms with Gasteiger partial charge in [-0.25, -0.2) is 0 Å². The monoisotopic (exact) mass is 530 g/mol. The van der Waals surface area contributed by atoms with E-state index in [0.717, 1.165) is 32.1 Å². The van der Waals surface area contributed by atoms with Gasteiger partial charge in [0.1, 0.15) is 18.4 Å². The number of nitrogens with zero attached hydrogens (tertiary/aromatic N) is 1. The molecule has 1 aliphatic carbocycles. The van der Waals surface area contributed by atoms with Gasteiger partial charge in [0.25, 0.3) is 5.91 Å². The third-order valence-electron chi connectivity index (χ3n) is 7.32. The van der Waals surface area contributed by atoms with Crippen molar-refractivity contribution in [2.24, 2.45) is 0 Å². The van der Waals surface area contributed by atoms with E-state index in [4.69, 9.17) is 18.9 Å². The second-order valence-corrected chi connectivity index (χ2v) is 9.95. The lowest BCUT2D eigenvalue weighted by atomic mass is 9.94. The molecule has 2 aliphatic heterocycles. The van der Waals surface area contributed by atoms with Gasteiger partial charge in [0.2, 0.25) is 18.8 Å². The molecule has 0 aromatic heterocycles. The van der Waals surface area contributed by atoms with Gasteiger partial charge in [0, 0.05) is 17.8 Å². The molecular formula is C30H30N2O7. The normalized spacial score (nSPS) is 18.7. The molecule has 6 rings (SSSR count). The van der Waals surface area contributed by atoms with Gasteiger partial charge in [-0.15, -0.1) is 0 Å². The van der Waals surface area contributed by atoms with E-state index in [-0.39, 0.29) is 31.1 Å². The predicted octanol–water partition coefficient (Wildman–Crippen LogP) is 4.48. The van der Waals surface area contributed by atoms with Crippen LogP contribution in [-0.2, 0) is 9.59 Å². The summed E-state index contributed by atoms with van der Waals surface area (Å²) in [6.07, 6.45) is 4.03. The van der Waals surface area contributed by atoms with Gasteiger partial charge in [-0.2, -0.15) is 0 Å². The first-order valence-electron chi connectivity index (χ1n) is 13.3. The summed E-state index contributed by atoms with van der Waals surface area (Å²) in [5.74, 6) is 1.36. The molecule has 3 aromatic rings. The summed E-state index contributed by atoms with van der Waals surface area (Å²) in [5, 5.41) is 13.1. The number of nitrogens with one attached hydrogen (secondary N) is 1. The van der Waals surface area contributed by atoms with Crippen LogP contribution in [0, 0.1) is 0 Å². The fourth-order valence-corrected chi connectivity index (χ4v) is 5.34. The van der Waals surface area contributed by atoms with Gasteiger partial charge in [0.15, 0.2) is 23.0 Å². The van der Waals surface area contributed by atoms with E-state index in [0.29, 0.717) is 34.2 Å². The number of amides is 2. The van der Waals surface area contributed by atoms with Crippen molar-refractivity contribution in [2.45, 2.75) is 50.3 Å². The fourth-order valence-electron chi connectivity index (χ4n) is 5.34. The molecule has 2 N–H and O–H groups in total. The van der Waals surface area contributed by atoms with E-state index in [1.54, 1.807) is 42.5 Å². The Balaban J connectivity index is 1.41. The van der Waals surface area contributed by atoms with Gasteiger partial charge < -0.3 is 29.4 Å². The average Bonchev–Trinajstić information content (AvgIpc) is 3.44. The van der Waals surface area contributed by atoms with Crippen LogP contribution in [0.25, 0.3) is 0 Å². The molecule has 39 heavy (non-hydrogen) atoms. The number of benzene rings is 3. The van der Waals surface area contributed by atoms with E-state index in [1.165, 1.54) is 17.0 Å². The minimum atomic E-state index is -1.04. The van der Waals surface area contributed by atoms with Crippen molar-refractivity contribution in [1.82, 2.24) is 5.32 Å². The molecule has 3 aromatic carbocycles. The summed E-state index contributed by atoms with van der Waals surface area (Å²) in [4.78, 5) is 29.8. The number of rotatable bonds is 6. The number of aromatic hydroxyl groups is 1. The lowest BCUT2D eigenvalue weighted by Gasteiger charge is -2.36. The summed E-state index contributed by atoms with van der Waals surface area (Å²) < 4.78 is 23.0. The third-order valence-corrected chi connectivity index (χ3v) is 7.32. The van der Waals surface area contributed by atoms with E-state index < -0.39 is 18.1 Å². The van der Waals surface area contributed by atoms with Crippen LogP contribution < -0.4 is 29.2 Å². The second-order valence-electron chi connectivity index (χ2n) is 9.95. The van der Waals surface area contributed by atoms with E-state index in [9.17, 15) is 14.7 Å². The van der Waals surface area contributed by atoms with Crippen molar-refractivity contribution in [2.75, 3.05) is 18.3 Å². The van der Waals surface area contributed by atoms with Gasteiger partial charge in [-0.05, 0) is 54.8 Å². The molecule has 2 atom stereocenters. The lowest BCUT2D eigenvalue weighted by molar-refractivity contribution is -0.132. The van der Waals surface area contributed by atoms with Gasteiger partial charge in [-0.1, -0.05) is 43.5 Å². The number of hydrogen-bond donors (Lipinski definition) is 2. The molecule has 1 saturated carbocycles. The number of anilines is 1. The summed E-state index contributed by atoms with van der Waals surface area (Å²) in [6, 6.07) is 17.6. The number of phenolic OH excluding ortho intramolecular Hbond substituents is 1. The van der Waals surface area contributed by atoms with Crippen molar-refractivity contribution in [3.63, 3.8) is 0 Å². The smallest absolute Gasteiger partial charge is 0.272 e. The van der Waals surface area contributed by atoms with Crippen LogP contribution in [0.5, 0.6) is 28.7 Å². The first-order chi connectivity index (χ1) is 19.1. The maximum Gasteiger partial charge on any atom is 0.272 e. The largest absolute Gasteiger partial charge is 0.508 e. The van der Waals surface area contributed by atoms with Crippen LogP contribution in [0.4, 0.5) is 5.69 Å². The van der Waals surface area contributed by atoms with Crippen LogP contribution in [0.2, 0.25) is 0 Å². The van der Waals surface area contributed by atoms with Crippen molar-refractivity contribution in [1.29, 1.82) is 0 Å². The van der Waals surface area contributed by atoms with E-state index in [2.05, 4.69) is 5.32 Å². The van der Waals surface area contributed by atoms with Crippen LogP contribution >= 0.6 is 0 Å². The molecule has 0 unspecified atom stereocenters. The Morgan fingerprint density at radius 1 is 0.846 bits per heavy atom. The molecule has 0 saturated heterocycles. The highest BCUT2D eigenvalue weighted by atomic mass is 16.7. The molecule has 2 heterocycles. The molecule has 0 bridgehead atoms. The number of fused-ring (bicyclic) bond motifs is 2. The second kappa shape index (κ2) is 10.8. The van der Waals surface area contributed by atoms with Crippen LogP contribution in [0.1, 0.15) is 43.7 Å². The summed E-state index contributed by atoms with van der Waals surface area (Å²) in [5.41, 5.74) is 0.993. The Hall–Kier alpha value is -4.40. The van der Waals surface area contributed by atoms with Gasteiger partial charge in [-0.3, -0.25) is 14.5 Å². The average molecular weight is 531 g/mol. The van der Waals surface area contributed by atoms with Crippen molar-refractivity contribution in [3.05, 3.63) is 72.3 Å². The molecule has 0 radical (unpaired) electrons. The van der Waals surface area contributed by atoms with Crippen molar-refractivity contribution < 1.29 is 33.6 Å². The number of carbonyl (C=O) groups excluding carboxylic acids is 2. The number of carbonyl (C=O) groups is 2.